The number of benzene rings is 2. The van der Waals surface area contributed by atoms with E-state index >= 15 is 0 Å². The number of aryl methyl sites for hydroxylation is 2. The van der Waals surface area contributed by atoms with Gasteiger partial charge in [-0.1, -0.05) is 66.3 Å². The minimum Gasteiger partial charge on any atom is -0.207 e. The second-order valence-electron chi connectivity index (χ2n) is 5.04. The van der Waals surface area contributed by atoms with Gasteiger partial charge in [0.05, 0.1) is 0 Å². The van der Waals surface area contributed by atoms with Crippen LogP contribution in [-0.4, -0.2) is 0 Å². The van der Waals surface area contributed by atoms with Gasteiger partial charge >= 0.3 is 0 Å². The van der Waals surface area contributed by atoms with Gasteiger partial charge in [0.15, 0.2) is 0 Å². The van der Waals surface area contributed by atoms with E-state index < -0.39 is 0 Å². The Morgan fingerprint density at radius 1 is 1.10 bits per heavy atom. The third-order valence-electron chi connectivity index (χ3n) is 3.27. The van der Waals surface area contributed by atoms with E-state index in [1.54, 1.807) is 6.07 Å². The highest BCUT2D eigenvalue weighted by atomic mass is 19.1. The minimum atomic E-state index is -0.160. The van der Waals surface area contributed by atoms with Gasteiger partial charge in [0.25, 0.3) is 0 Å². The summed E-state index contributed by atoms with van der Waals surface area (Å²) in [6.07, 6.45) is 4.43. The van der Waals surface area contributed by atoms with Crippen LogP contribution in [0.3, 0.4) is 0 Å². The minimum absolute atomic E-state index is 0.160. The van der Waals surface area contributed by atoms with Gasteiger partial charge in [-0.3, -0.25) is 0 Å². The van der Waals surface area contributed by atoms with Crippen molar-refractivity contribution in [1.29, 1.82) is 0 Å². The van der Waals surface area contributed by atoms with Crippen molar-refractivity contribution in [2.75, 3.05) is 0 Å². The van der Waals surface area contributed by atoms with Crippen LogP contribution in [-0.2, 0) is 6.42 Å². The summed E-state index contributed by atoms with van der Waals surface area (Å²) in [5.41, 5.74) is 5.32. The predicted molar refractivity (Wildman–Crippen MR) is 84.2 cm³/mol. The largest absolute Gasteiger partial charge is 0.207 e. The second kappa shape index (κ2) is 6.33. The SMILES string of the molecule is C=C/C(=C\Cc1ccccc1F)c1cc(C)cc(C)c1. The van der Waals surface area contributed by atoms with Gasteiger partial charge in [-0.25, -0.2) is 4.39 Å². The summed E-state index contributed by atoms with van der Waals surface area (Å²) in [5.74, 6) is -0.160. The summed E-state index contributed by atoms with van der Waals surface area (Å²) in [6, 6.07) is 13.3. The molecule has 0 unspecified atom stereocenters. The maximum Gasteiger partial charge on any atom is 0.126 e. The Kier molecular flexibility index (Phi) is 4.52. The van der Waals surface area contributed by atoms with Crippen LogP contribution in [0.4, 0.5) is 4.39 Å². The third kappa shape index (κ3) is 3.45. The van der Waals surface area contributed by atoms with Gasteiger partial charge in [0.1, 0.15) is 5.82 Å². The van der Waals surface area contributed by atoms with Crippen molar-refractivity contribution >= 4 is 5.57 Å². The molecule has 0 bridgehead atoms. The van der Waals surface area contributed by atoms with E-state index in [1.807, 2.05) is 24.3 Å². The van der Waals surface area contributed by atoms with Crippen LogP contribution < -0.4 is 0 Å². The first-order valence-corrected chi connectivity index (χ1v) is 6.75. The van der Waals surface area contributed by atoms with E-state index in [0.29, 0.717) is 12.0 Å². The molecule has 0 radical (unpaired) electrons. The maximum atomic E-state index is 13.6. The predicted octanol–water partition coefficient (Wildman–Crippen LogP) is 5.25. The zero-order valence-electron chi connectivity index (χ0n) is 12.0. The van der Waals surface area contributed by atoms with Gasteiger partial charge in [-0.05, 0) is 43.0 Å². The van der Waals surface area contributed by atoms with Gasteiger partial charge < -0.3 is 0 Å². The highest BCUT2D eigenvalue weighted by Gasteiger charge is 2.02. The molecule has 0 aliphatic heterocycles. The van der Waals surface area contributed by atoms with Crippen molar-refractivity contribution in [2.45, 2.75) is 20.3 Å². The van der Waals surface area contributed by atoms with Crippen LogP contribution >= 0.6 is 0 Å². The highest BCUT2D eigenvalue weighted by Crippen LogP contribution is 2.20. The lowest BCUT2D eigenvalue weighted by molar-refractivity contribution is 0.615. The summed E-state index contributed by atoms with van der Waals surface area (Å²) >= 11 is 0. The first-order chi connectivity index (χ1) is 9.60. The molecule has 0 fully saturated rings. The van der Waals surface area contributed by atoms with Crippen LogP contribution in [0.5, 0.6) is 0 Å². The van der Waals surface area contributed by atoms with E-state index in [9.17, 15) is 4.39 Å². The van der Waals surface area contributed by atoms with Crippen molar-refractivity contribution in [3.8, 4) is 0 Å². The fraction of sp³-hybridized carbons (Fsp3) is 0.158. The van der Waals surface area contributed by atoms with Crippen LogP contribution in [0.25, 0.3) is 5.57 Å². The van der Waals surface area contributed by atoms with Crippen LogP contribution in [0.15, 0.2) is 61.2 Å². The van der Waals surface area contributed by atoms with Crippen LogP contribution in [0.2, 0.25) is 0 Å². The normalized spacial score (nSPS) is 11.4. The number of halogens is 1. The average molecular weight is 266 g/mol. The van der Waals surface area contributed by atoms with Crippen molar-refractivity contribution in [3.63, 3.8) is 0 Å². The molecule has 0 atom stereocenters. The fourth-order valence-electron chi connectivity index (χ4n) is 2.34. The number of hydrogen-bond donors (Lipinski definition) is 0. The zero-order valence-corrected chi connectivity index (χ0v) is 12.0. The van der Waals surface area contributed by atoms with Crippen molar-refractivity contribution in [2.24, 2.45) is 0 Å². The first kappa shape index (κ1) is 14.3. The van der Waals surface area contributed by atoms with Gasteiger partial charge in [-0.2, -0.15) is 0 Å². The van der Waals surface area contributed by atoms with Crippen molar-refractivity contribution in [1.82, 2.24) is 0 Å². The molecular weight excluding hydrogens is 247 g/mol. The van der Waals surface area contributed by atoms with E-state index in [1.165, 1.54) is 17.2 Å². The molecular formula is C19H19F. The lowest BCUT2D eigenvalue weighted by Gasteiger charge is -2.07. The second-order valence-corrected chi connectivity index (χ2v) is 5.04. The quantitative estimate of drug-likeness (QED) is 0.663. The molecule has 2 aromatic rings. The Hall–Kier alpha value is -2.15. The molecule has 0 aliphatic carbocycles. The van der Waals surface area contributed by atoms with E-state index in [4.69, 9.17) is 0 Å². The summed E-state index contributed by atoms with van der Waals surface area (Å²) in [7, 11) is 0. The summed E-state index contributed by atoms with van der Waals surface area (Å²) in [6.45, 7) is 8.02. The molecule has 102 valence electrons. The monoisotopic (exact) mass is 266 g/mol. The molecule has 0 spiro atoms. The van der Waals surface area contributed by atoms with Gasteiger partial charge in [0.2, 0.25) is 0 Å². The van der Waals surface area contributed by atoms with Crippen LogP contribution in [0.1, 0.15) is 22.3 Å². The Morgan fingerprint density at radius 3 is 2.35 bits per heavy atom. The Morgan fingerprint density at radius 2 is 1.75 bits per heavy atom. The van der Waals surface area contributed by atoms with Gasteiger partial charge in [-0.15, -0.1) is 0 Å². The topological polar surface area (TPSA) is 0 Å². The number of rotatable bonds is 4. The molecule has 0 aromatic heterocycles. The summed E-state index contributed by atoms with van der Waals surface area (Å²) in [5, 5.41) is 0. The summed E-state index contributed by atoms with van der Waals surface area (Å²) < 4.78 is 13.6. The molecule has 0 saturated carbocycles. The lowest BCUT2D eigenvalue weighted by atomic mass is 9.99. The molecule has 2 rings (SSSR count). The van der Waals surface area contributed by atoms with E-state index in [2.05, 4.69) is 38.6 Å². The lowest BCUT2D eigenvalue weighted by Crippen LogP contribution is -1.90. The van der Waals surface area contributed by atoms with Crippen LogP contribution in [0, 0.1) is 19.7 Å². The summed E-state index contributed by atoms with van der Waals surface area (Å²) in [4.78, 5) is 0. The Labute approximate surface area is 120 Å². The first-order valence-electron chi connectivity index (χ1n) is 6.75. The van der Waals surface area contributed by atoms with E-state index in [-0.39, 0.29) is 5.82 Å². The number of hydrogen-bond acceptors (Lipinski definition) is 0. The molecule has 1 heteroatoms. The smallest absolute Gasteiger partial charge is 0.126 e. The molecule has 2 aromatic carbocycles. The fourth-order valence-corrected chi connectivity index (χ4v) is 2.34. The number of allylic oxidation sites excluding steroid dienone is 3. The van der Waals surface area contributed by atoms with Crippen molar-refractivity contribution < 1.29 is 4.39 Å². The Balaban J connectivity index is 2.30. The maximum absolute atomic E-state index is 13.6. The molecule has 0 saturated heterocycles. The Bertz CT molecular complexity index is 630. The molecule has 0 amide bonds. The molecule has 20 heavy (non-hydrogen) atoms. The van der Waals surface area contributed by atoms with Gasteiger partial charge in [0, 0.05) is 0 Å². The molecule has 0 heterocycles. The highest BCUT2D eigenvalue weighted by molar-refractivity contribution is 5.74. The van der Waals surface area contributed by atoms with Crippen molar-refractivity contribution in [3.05, 3.63) is 89.3 Å². The van der Waals surface area contributed by atoms with E-state index in [0.717, 1.165) is 11.1 Å². The molecule has 0 N–H and O–H groups in total. The molecule has 0 nitrogen and oxygen atoms in total. The standard InChI is InChI=1S/C19H19F/c1-4-16(18-12-14(2)11-15(3)13-18)9-10-17-7-5-6-8-19(17)20/h4-9,11-13H,1,10H2,2-3H3/b16-9+. The zero-order chi connectivity index (χ0) is 14.5. The average Bonchev–Trinajstić information content (AvgIpc) is 2.40. The molecule has 0 aliphatic rings. The third-order valence-corrected chi connectivity index (χ3v) is 3.27.